The summed E-state index contributed by atoms with van der Waals surface area (Å²) in [5, 5.41) is 11.2. The van der Waals surface area contributed by atoms with E-state index in [9.17, 15) is 4.79 Å². The lowest BCUT2D eigenvalue weighted by Gasteiger charge is -2.14. The van der Waals surface area contributed by atoms with Crippen molar-refractivity contribution in [2.75, 3.05) is 11.9 Å². The standard InChI is InChI=1S/C16H23N3O2/c1-12(2)10-15(18)16(20)19-13-6-5-7-14(11-13)21-9-4-3-8-17/h5-7,11-12,15H,3-4,9-10,18H2,1-2H3,(H,19,20)/t15-/m1/s1. The third kappa shape index (κ3) is 6.77. The van der Waals surface area contributed by atoms with Crippen LogP contribution in [0, 0.1) is 17.2 Å². The molecule has 0 spiro atoms. The number of unbranched alkanes of at least 4 members (excludes halogenated alkanes) is 1. The summed E-state index contributed by atoms with van der Waals surface area (Å²) >= 11 is 0. The second-order valence-electron chi connectivity index (χ2n) is 5.36. The highest BCUT2D eigenvalue weighted by molar-refractivity contribution is 5.94. The van der Waals surface area contributed by atoms with Crippen molar-refractivity contribution < 1.29 is 9.53 Å². The minimum atomic E-state index is -0.509. The quantitative estimate of drug-likeness (QED) is 0.720. The maximum atomic E-state index is 11.9. The molecule has 1 atom stereocenters. The lowest BCUT2D eigenvalue weighted by molar-refractivity contribution is -0.117. The summed E-state index contributed by atoms with van der Waals surface area (Å²) in [5.41, 5.74) is 6.51. The average Bonchev–Trinajstić information content (AvgIpc) is 2.43. The van der Waals surface area contributed by atoms with Gasteiger partial charge in [0, 0.05) is 18.2 Å². The summed E-state index contributed by atoms with van der Waals surface area (Å²) in [7, 11) is 0. The number of carbonyl (C=O) groups is 1. The highest BCUT2D eigenvalue weighted by Crippen LogP contribution is 2.18. The minimum absolute atomic E-state index is 0.190. The molecule has 1 aromatic rings. The number of benzene rings is 1. The molecule has 0 aliphatic rings. The molecule has 0 saturated carbocycles. The van der Waals surface area contributed by atoms with Gasteiger partial charge in [0.2, 0.25) is 5.91 Å². The molecule has 1 rings (SSSR count). The zero-order chi connectivity index (χ0) is 15.7. The van der Waals surface area contributed by atoms with Gasteiger partial charge in [0.25, 0.3) is 0 Å². The Balaban J connectivity index is 2.52. The molecule has 1 amide bonds. The molecule has 0 saturated heterocycles. The molecular weight excluding hydrogens is 266 g/mol. The Morgan fingerprint density at radius 1 is 1.48 bits per heavy atom. The van der Waals surface area contributed by atoms with Crippen molar-refractivity contribution in [3.05, 3.63) is 24.3 Å². The number of rotatable bonds is 8. The SMILES string of the molecule is CC(C)C[C@@H](N)C(=O)Nc1cccc(OCCCC#N)c1. The zero-order valence-corrected chi connectivity index (χ0v) is 12.6. The van der Waals surface area contributed by atoms with E-state index in [1.807, 2.05) is 26.0 Å². The smallest absolute Gasteiger partial charge is 0.241 e. The molecule has 0 aliphatic heterocycles. The number of hydrogen-bond acceptors (Lipinski definition) is 4. The number of nitrogens with one attached hydrogen (secondary N) is 1. The maximum absolute atomic E-state index is 11.9. The van der Waals surface area contributed by atoms with E-state index in [0.29, 0.717) is 43.2 Å². The van der Waals surface area contributed by atoms with Crippen LogP contribution in [0.5, 0.6) is 5.75 Å². The van der Waals surface area contributed by atoms with Crippen molar-refractivity contribution in [3.8, 4) is 11.8 Å². The third-order valence-corrected chi connectivity index (χ3v) is 2.87. The topological polar surface area (TPSA) is 88.1 Å². The summed E-state index contributed by atoms with van der Waals surface area (Å²) in [6, 6.07) is 8.73. The number of nitrogens with zero attached hydrogens (tertiary/aromatic N) is 1. The molecule has 0 aromatic heterocycles. The van der Waals surface area contributed by atoms with Crippen LogP contribution in [0.25, 0.3) is 0 Å². The van der Waals surface area contributed by atoms with Gasteiger partial charge < -0.3 is 15.8 Å². The molecule has 3 N–H and O–H groups in total. The average molecular weight is 289 g/mol. The molecule has 0 aliphatic carbocycles. The van der Waals surface area contributed by atoms with Crippen molar-refractivity contribution in [2.24, 2.45) is 11.7 Å². The lowest BCUT2D eigenvalue weighted by Crippen LogP contribution is -2.36. The van der Waals surface area contributed by atoms with Crippen LogP contribution in [-0.4, -0.2) is 18.6 Å². The Bertz CT molecular complexity index is 495. The molecule has 0 bridgehead atoms. The molecule has 5 heteroatoms. The third-order valence-electron chi connectivity index (χ3n) is 2.87. The first-order valence-electron chi connectivity index (χ1n) is 7.19. The molecule has 21 heavy (non-hydrogen) atoms. The van der Waals surface area contributed by atoms with E-state index in [4.69, 9.17) is 15.7 Å². The molecule has 0 fully saturated rings. The first kappa shape index (κ1) is 17.0. The van der Waals surface area contributed by atoms with E-state index in [0.717, 1.165) is 0 Å². The molecule has 0 unspecified atom stereocenters. The fourth-order valence-electron chi connectivity index (χ4n) is 1.85. The molecule has 0 heterocycles. The summed E-state index contributed by atoms with van der Waals surface area (Å²) in [4.78, 5) is 11.9. The van der Waals surface area contributed by atoms with Gasteiger partial charge in [-0.2, -0.15) is 5.26 Å². The Kier molecular flexibility index (Phi) is 7.27. The van der Waals surface area contributed by atoms with Gasteiger partial charge in [0.05, 0.1) is 18.7 Å². The van der Waals surface area contributed by atoms with Crippen LogP contribution in [0.15, 0.2) is 24.3 Å². The highest BCUT2D eigenvalue weighted by Gasteiger charge is 2.15. The van der Waals surface area contributed by atoms with E-state index in [1.165, 1.54) is 0 Å². The predicted molar refractivity (Wildman–Crippen MR) is 82.8 cm³/mol. The van der Waals surface area contributed by atoms with E-state index in [-0.39, 0.29) is 5.91 Å². The zero-order valence-electron chi connectivity index (χ0n) is 12.6. The second kappa shape index (κ2) is 8.98. The summed E-state index contributed by atoms with van der Waals surface area (Å²) in [6.07, 6.45) is 1.81. The first-order chi connectivity index (χ1) is 10.0. The molecule has 0 radical (unpaired) electrons. The fourth-order valence-corrected chi connectivity index (χ4v) is 1.85. The largest absolute Gasteiger partial charge is 0.493 e. The number of carbonyl (C=O) groups excluding carboxylic acids is 1. The predicted octanol–water partition coefficient (Wildman–Crippen LogP) is 2.68. The number of amides is 1. The van der Waals surface area contributed by atoms with Crippen LogP contribution in [0.1, 0.15) is 33.1 Å². The van der Waals surface area contributed by atoms with Gasteiger partial charge in [0.15, 0.2) is 0 Å². The lowest BCUT2D eigenvalue weighted by atomic mass is 10.0. The van der Waals surface area contributed by atoms with Crippen LogP contribution < -0.4 is 15.8 Å². The van der Waals surface area contributed by atoms with Crippen LogP contribution >= 0.6 is 0 Å². The van der Waals surface area contributed by atoms with Crippen molar-refractivity contribution in [3.63, 3.8) is 0 Å². The Morgan fingerprint density at radius 3 is 2.90 bits per heavy atom. The Hall–Kier alpha value is -2.06. The number of nitriles is 1. The van der Waals surface area contributed by atoms with Gasteiger partial charge >= 0.3 is 0 Å². The van der Waals surface area contributed by atoms with Crippen LogP contribution in [-0.2, 0) is 4.79 Å². The van der Waals surface area contributed by atoms with Crippen molar-refractivity contribution in [2.45, 2.75) is 39.2 Å². The molecule has 114 valence electrons. The Morgan fingerprint density at radius 2 is 2.24 bits per heavy atom. The monoisotopic (exact) mass is 289 g/mol. The number of nitrogens with two attached hydrogens (primary N) is 1. The van der Waals surface area contributed by atoms with Crippen molar-refractivity contribution >= 4 is 11.6 Å². The van der Waals surface area contributed by atoms with Gasteiger partial charge in [-0.3, -0.25) is 4.79 Å². The number of anilines is 1. The first-order valence-corrected chi connectivity index (χ1v) is 7.19. The number of ether oxygens (including phenoxy) is 1. The summed E-state index contributed by atoms with van der Waals surface area (Å²) in [5.74, 6) is 0.856. The van der Waals surface area contributed by atoms with E-state index in [1.54, 1.807) is 12.1 Å². The Labute approximate surface area is 126 Å². The van der Waals surface area contributed by atoms with E-state index in [2.05, 4.69) is 11.4 Å². The van der Waals surface area contributed by atoms with Crippen molar-refractivity contribution in [1.82, 2.24) is 0 Å². The van der Waals surface area contributed by atoms with Gasteiger partial charge in [-0.05, 0) is 30.9 Å². The highest BCUT2D eigenvalue weighted by atomic mass is 16.5. The van der Waals surface area contributed by atoms with Gasteiger partial charge in [-0.1, -0.05) is 19.9 Å². The van der Waals surface area contributed by atoms with Crippen LogP contribution in [0.3, 0.4) is 0 Å². The number of hydrogen-bond donors (Lipinski definition) is 2. The van der Waals surface area contributed by atoms with Crippen molar-refractivity contribution in [1.29, 1.82) is 5.26 Å². The maximum Gasteiger partial charge on any atom is 0.241 e. The summed E-state index contributed by atoms with van der Waals surface area (Å²) in [6.45, 7) is 4.55. The van der Waals surface area contributed by atoms with Gasteiger partial charge in [-0.15, -0.1) is 0 Å². The van der Waals surface area contributed by atoms with E-state index >= 15 is 0 Å². The molecule has 5 nitrogen and oxygen atoms in total. The summed E-state index contributed by atoms with van der Waals surface area (Å²) < 4.78 is 5.52. The fraction of sp³-hybridized carbons (Fsp3) is 0.500. The van der Waals surface area contributed by atoms with Crippen LogP contribution in [0.4, 0.5) is 5.69 Å². The minimum Gasteiger partial charge on any atom is -0.493 e. The normalized spacial score (nSPS) is 11.8. The van der Waals surface area contributed by atoms with Gasteiger partial charge in [0.1, 0.15) is 5.75 Å². The molecular formula is C16H23N3O2. The molecule has 1 aromatic carbocycles. The second-order valence-corrected chi connectivity index (χ2v) is 5.36. The van der Waals surface area contributed by atoms with E-state index < -0.39 is 6.04 Å². The van der Waals surface area contributed by atoms with Crippen LogP contribution in [0.2, 0.25) is 0 Å². The van der Waals surface area contributed by atoms with Gasteiger partial charge in [-0.25, -0.2) is 0 Å².